The van der Waals surface area contributed by atoms with Crippen molar-refractivity contribution >= 4 is 43.4 Å². The third kappa shape index (κ3) is 1.74. The standard InChI is InChI=1S/C17H13BrO/c18-15-10-12(11-5-1-2-6-11)9-14-13-7-3-4-8-16(13)19-17(14)15/h3-5,7-10H,1-2,6H2. The molecule has 0 saturated heterocycles. The number of hydrogen-bond donors (Lipinski definition) is 0. The Morgan fingerprint density at radius 1 is 1.05 bits per heavy atom. The fourth-order valence-corrected chi connectivity index (χ4v) is 3.44. The van der Waals surface area contributed by atoms with Gasteiger partial charge in [-0.1, -0.05) is 24.3 Å². The lowest BCUT2D eigenvalue weighted by Gasteiger charge is -2.04. The topological polar surface area (TPSA) is 13.1 Å². The molecule has 19 heavy (non-hydrogen) atoms. The van der Waals surface area contributed by atoms with Gasteiger partial charge in [0, 0.05) is 10.8 Å². The van der Waals surface area contributed by atoms with Gasteiger partial charge in [0.05, 0.1) is 4.47 Å². The van der Waals surface area contributed by atoms with Crippen LogP contribution in [-0.4, -0.2) is 0 Å². The molecule has 1 aromatic heterocycles. The molecule has 0 aliphatic heterocycles. The van der Waals surface area contributed by atoms with Gasteiger partial charge in [0.15, 0.2) is 0 Å². The van der Waals surface area contributed by atoms with Crippen LogP contribution in [0.2, 0.25) is 0 Å². The third-order valence-corrected chi connectivity index (χ3v) is 4.43. The molecule has 0 spiro atoms. The number of furan rings is 1. The van der Waals surface area contributed by atoms with Crippen LogP contribution in [0.3, 0.4) is 0 Å². The average molecular weight is 313 g/mol. The highest BCUT2D eigenvalue weighted by Gasteiger charge is 2.14. The van der Waals surface area contributed by atoms with E-state index in [1.165, 1.54) is 41.2 Å². The van der Waals surface area contributed by atoms with Crippen molar-refractivity contribution in [2.45, 2.75) is 19.3 Å². The molecular formula is C17H13BrO. The first-order chi connectivity index (χ1) is 9.33. The highest BCUT2D eigenvalue weighted by atomic mass is 79.9. The van der Waals surface area contributed by atoms with Crippen LogP contribution in [0.5, 0.6) is 0 Å². The van der Waals surface area contributed by atoms with Crippen molar-refractivity contribution in [3.05, 3.63) is 52.5 Å². The number of halogens is 1. The van der Waals surface area contributed by atoms with Crippen LogP contribution in [0.25, 0.3) is 27.5 Å². The monoisotopic (exact) mass is 312 g/mol. The van der Waals surface area contributed by atoms with Crippen LogP contribution in [0.4, 0.5) is 0 Å². The minimum absolute atomic E-state index is 0.948. The fourth-order valence-electron chi connectivity index (χ4n) is 2.90. The van der Waals surface area contributed by atoms with Gasteiger partial charge in [-0.15, -0.1) is 0 Å². The minimum atomic E-state index is 0.948. The van der Waals surface area contributed by atoms with E-state index in [1.54, 1.807) is 0 Å². The van der Waals surface area contributed by atoms with Crippen molar-refractivity contribution in [1.82, 2.24) is 0 Å². The molecule has 0 N–H and O–H groups in total. The molecule has 0 amide bonds. The van der Waals surface area contributed by atoms with Crippen molar-refractivity contribution in [1.29, 1.82) is 0 Å². The van der Waals surface area contributed by atoms with Crippen LogP contribution >= 0.6 is 15.9 Å². The summed E-state index contributed by atoms with van der Waals surface area (Å²) in [6, 6.07) is 12.7. The summed E-state index contributed by atoms with van der Waals surface area (Å²) in [7, 11) is 0. The van der Waals surface area contributed by atoms with Gasteiger partial charge < -0.3 is 4.42 Å². The van der Waals surface area contributed by atoms with E-state index in [-0.39, 0.29) is 0 Å². The van der Waals surface area contributed by atoms with Gasteiger partial charge in [-0.2, -0.15) is 0 Å². The van der Waals surface area contributed by atoms with Gasteiger partial charge in [-0.25, -0.2) is 0 Å². The van der Waals surface area contributed by atoms with Crippen LogP contribution in [0, 0.1) is 0 Å². The lowest BCUT2D eigenvalue weighted by Crippen LogP contribution is -1.81. The SMILES string of the molecule is Brc1cc(C2=CCCC2)cc2c1oc1ccccc12. The summed E-state index contributed by atoms with van der Waals surface area (Å²) in [5, 5.41) is 2.39. The Morgan fingerprint density at radius 3 is 2.79 bits per heavy atom. The van der Waals surface area contributed by atoms with Gasteiger partial charge in [0.1, 0.15) is 11.2 Å². The van der Waals surface area contributed by atoms with Crippen molar-refractivity contribution in [3.8, 4) is 0 Å². The first-order valence-electron chi connectivity index (χ1n) is 6.63. The first kappa shape index (κ1) is 11.3. The Kier molecular flexibility index (Phi) is 2.52. The molecule has 0 fully saturated rings. The van der Waals surface area contributed by atoms with Crippen LogP contribution in [0.1, 0.15) is 24.8 Å². The van der Waals surface area contributed by atoms with Crippen LogP contribution < -0.4 is 0 Å². The molecular weight excluding hydrogens is 300 g/mol. The van der Waals surface area contributed by atoms with Crippen LogP contribution in [0.15, 0.2) is 51.4 Å². The molecule has 0 saturated carbocycles. The number of benzene rings is 2. The first-order valence-corrected chi connectivity index (χ1v) is 7.42. The highest BCUT2D eigenvalue weighted by molar-refractivity contribution is 9.10. The lowest BCUT2D eigenvalue weighted by atomic mass is 10.0. The summed E-state index contributed by atoms with van der Waals surface area (Å²) in [6.07, 6.45) is 6.03. The molecule has 1 heterocycles. The Bertz CT molecular complexity index is 811. The molecule has 2 aromatic carbocycles. The molecule has 0 radical (unpaired) electrons. The maximum atomic E-state index is 5.93. The van der Waals surface area contributed by atoms with Gasteiger partial charge in [0.2, 0.25) is 0 Å². The molecule has 1 aliphatic carbocycles. The van der Waals surface area contributed by atoms with Gasteiger partial charge in [-0.3, -0.25) is 0 Å². The van der Waals surface area contributed by atoms with E-state index in [0.717, 1.165) is 15.6 Å². The fraction of sp³-hybridized carbons (Fsp3) is 0.176. The summed E-state index contributed by atoms with van der Waals surface area (Å²) in [5.41, 5.74) is 4.69. The summed E-state index contributed by atoms with van der Waals surface area (Å²) in [6.45, 7) is 0. The molecule has 3 aromatic rings. The smallest absolute Gasteiger partial charge is 0.149 e. The largest absolute Gasteiger partial charge is 0.455 e. The molecule has 0 atom stereocenters. The Morgan fingerprint density at radius 2 is 1.95 bits per heavy atom. The van der Waals surface area contributed by atoms with Gasteiger partial charge in [-0.05, 0) is 64.5 Å². The molecule has 94 valence electrons. The number of hydrogen-bond acceptors (Lipinski definition) is 1. The van der Waals surface area contributed by atoms with Gasteiger partial charge >= 0.3 is 0 Å². The lowest BCUT2D eigenvalue weighted by molar-refractivity contribution is 0.667. The highest BCUT2D eigenvalue weighted by Crippen LogP contribution is 2.38. The quantitative estimate of drug-likeness (QED) is 0.544. The number of para-hydroxylation sites is 1. The van der Waals surface area contributed by atoms with E-state index in [4.69, 9.17) is 4.42 Å². The summed E-state index contributed by atoms with van der Waals surface area (Å²) >= 11 is 3.65. The predicted octanol–water partition coefficient (Wildman–Crippen LogP) is 5.92. The zero-order chi connectivity index (χ0) is 12.8. The van der Waals surface area contributed by atoms with E-state index >= 15 is 0 Å². The predicted molar refractivity (Wildman–Crippen MR) is 83.2 cm³/mol. The zero-order valence-electron chi connectivity index (χ0n) is 10.4. The number of allylic oxidation sites excluding steroid dienone is 2. The minimum Gasteiger partial charge on any atom is -0.455 e. The Hall–Kier alpha value is -1.54. The molecule has 0 bridgehead atoms. The average Bonchev–Trinajstić information content (AvgIpc) is 3.06. The van der Waals surface area contributed by atoms with E-state index in [0.29, 0.717) is 0 Å². The summed E-state index contributed by atoms with van der Waals surface area (Å²) in [4.78, 5) is 0. The Labute approximate surface area is 120 Å². The second-order valence-electron chi connectivity index (χ2n) is 5.05. The number of rotatable bonds is 1. The van der Waals surface area contributed by atoms with Crippen molar-refractivity contribution < 1.29 is 4.42 Å². The van der Waals surface area contributed by atoms with Crippen molar-refractivity contribution in [3.63, 3.8) is 0 Å². The number of fused-ring (bicyclic) bond motifs is 3. The molecule has 1 aliphatic rings. The normalized spacial score (nSPS) is 15.3. The van der Waals surface area contributed by atoms with Gasteiger partial charge in [0.25, 0.3) is 0 Å². The Balaban J connectivity index is 2.06. The maximum absolute atomic E-state index is 5.93. The van der Waals surface area contributed by atoms with E-state index in [2.05, 4.69) is 46.3 Å². The van der Waals surface area contributed by atoms with E-state index in [9.17, 15) is 0 Å². The second-order valence-corrected chi connectivity index (χ2v) is 5.91. The van der Waals surface area contributed by atoms with Crippen molar-refractivity contribution in [2.24, 2.45) is 0 Å². The maximum Gasteiger partial charge on any atom is 0.149 e. The third-order valence-electron chi connectivity index (χ3n) is 3.84. The second kappa shape index (κ2) is 4.24. The molecule has 0 unspecified atom stereocenters. The van der Waals surface area contributed by atoms with Crippen molar-refractivity contribution in [2.75, 3.05) is 0 Å². The van der Waals surface area contributed by atoms with E-state index in [1.807, 2.05) is 12.1 Å². The summed E-state index contributed by atoms with van der Waals surface area (Å²) < 4.78 is 6.98. The van der Waals surface area contributed by atoms with Crippen LogP contribution in [-0.2, 0) is 0 Å². The summed E-state index contributed by atoms with van der Waals surface area (Å²) in [5.74, 6) is 0. The van der Waals surface area contributed by atoms with E-state index < -0.39 is 0 Å². The molecule has 1 nitrogen and oxygen atoms in total. The molecule has 2 heteroatoms. The zero-order valence-corrected chi connectivity index (χ0v) is 12.0. The molecule has 4 rings (SSSR count).